The zero-order valence-corrected chi connectivity index (χ0v) is 19.7. The Morgan fingerprint density at radius 1 is 0.917 bits per heavy atom. The number of H-pyrrole nitrogens is 1. The van der Waals surface area contributed by atoms with Crippen molar-refractivity contribution in [3.63, 3.8) is 0 Å². The molecule has 1 aromatic heterocycles. The van der Waals surface area contributed by atoms with Gasteiger partial charge >= 0.3 is 5.69 Å². The largest absolute Gasteiger partial charge is 0.488 e. The summed E-state index contributed by atoms with van der Waals surface area (Å²) in [5.74, 6) is -0.340. The zero-order chi connectivity index (χ0) is 24.6. The first kappa shape index (κ1) is 22.7. The number of ether oxygens (including phenoxy) is 1. The summed E-state index contributed by atoms with van der Waals surface area (Å²) in [6.07, 6.45) is 1.97. The lowest BCUT2D eigenvalue weighted by Gasteiger charge is -2.27. The molecule has 2 N–H and O–H groups in total. The molecule has 0 atom stereocenters. The van der Waals surface area contributed by atoms with Gasteiger partial charge in [-0.05, 0) is 59.2 Å². The van der Waals surface area contributed by atoms with E-state index in [2.05, 4.69) is 15.2 Å². The predicted molar refractivity (Wildman–Crippen MR) is 136 cm³/mol. The van der Waals surface area contributed by atoms with Crippen LogP contribution in [0.15, 0.2) is 59.4 Å². The molecule has 0 bridgehead atoms. The van der Waals surface area contributed by atoms with Gasteiger partial charge in [0.05, 0.1) is 11.0 Å². The van der Waals surface area contributed by atoms with Crippen LogP contribution >= 0.6 is 0 Å². The van der Waals surface area contributed by atoms with Crippen LogP contribution in [-0.2, 0) is 13.2 Å². The Hall–Kier alpha value is -3.75. The molecule has 36 heavy (non-hydrogen) atoms. The van der Waals surface area contributed by atoms with E-state index in [-0.39, 0.29) is 18.1 Å². The summed E-state index contributed by atoms with van der Waals surface area (Å²) in [4.78, 5) is 18.1. The lowest BCUT2D eigenvalue weighted by molar-refractivity contribution is 0.232. The number of hydrogen-bond acceptors (Lipinski definition) is 4. The van der Waals surface area contributed by atoms with Gasteiger partial charge in [-0.3, -0.25) is 9.47 Å². The van der Waals surface area contributed by atoms with Gasteiger partial charge in [0.25, 0.3) is 0 Å². The third-order valence-electron chi connectivity index (χ3n) is 6.93. The second-order valence-corrected chi connectivity index (χ2v) is 9.24. The van der Waals surface area contributed by atoms with Crippen LogP contribution in [0.25, 0.3) is 22.7 Å². The molecular formula is C28H26F2N4O2. The second kappa shape index (κ2) is 9.37. The first-order valence-electron chi connectivity index (χ1n) is 12.1. The molecule has 2 aliphatic rings. The minimum absolute atomic E-state index is 0.130. The fourth-order valence-electron chi connectivity index (χ4n) is 5.07. The molecule has 184 valence electrons. The summed E-state index contributed by atoms with van der Waals surface area (Å²) in [7, 11) is 0. The monoisotopic (exact) mass is 488 g/mol. The van der Waals surface area contributed by atoms with E-state index in [1.807, 2.05) is 24.3 Å². The number of hydrogen-bond donors (Lipinski definition) is 2. The highest BCUT2D eigenvalue weighted by atomic mass is 19.1. The number of piperazine rings is 1. The first-order chi connectivity index (χ1) is 17.5. The average Bonchev–Trinajstić information content (AvgIpc) is 3.11. The minimum Gasteiger partial charge on any atom is -0.488 e. The van der Waals surface area contributed by atoms with Crippen LogP contribution in [0.2, 0.25) is 0 Å². The fourth-order valence-corrected chi connectivity index (χ4v) is 5.07. The normalized spacial score (nSPS) is 17.0. The van der Waals surface area contributed by atoms with Crippen molar-refractivity contribution in [3.05, 3.63) is 99.0 Å². The van der Waals surface area contributed by atoms with Crippen LogP contribution in [0.3, 0.4) is 0 Å². The van der Waals surface area contributed by atoms with Gasteiger partial charge in [-0.15, -0.1) is 0 Å². The number of rotatable bonds is 4. The van der Waals surface area contributed by atoms with E-state index in [4.69, 9.17) is 4.74 Å². The van der Waals surface area contributed by atoms with Crippen molar-refractivity contribution in [2.45, 2.75) is 13.2 Å². The van der Waals surface area contributed by atoms with E-state index >= 15 is 0 Å². The number of aromatic amines is 1. The van der Waals surface area contributed by atoms with Crippen LogP contribution in [-0.4, -0.2) is 47.2 Å². The van der Waals surface area contributed by atoms with Crippen molar-refractivity contribution in [1.82, 2.24) is 19.8 Å². The molecule has 0 unspecified atom stereocenters. The molecule has 6 nitrogen and oxygen atoms in total. The van der Waals surface area contributed by atoms with Gasteiger partial charge < -0.3 is 15.0 Å². The van der Waals surface area contributed by atoms with Crippen LogP contribution in [0.4, 0.5) is 8.78 Å². The predicted octanol–water partition coefficient (Wildman–Crippen LogP) is 3.99. The molecule has 1 fully saturated rings. The van der Waals surface area contributed by atoms with Crippen LogP contribution < -0.4 is 15.7 Å². The van der Waals surface area contributed by atoms with E-state index < -0.39 is 5.82 Å². The van der Waals surface area contributed by atoms with Crippen molar-refractivity contribution in [2.24, 2.45) is 0 Å². The molecule has 0 spiro atoms. The highest BCUT2D eigenvalue weighted by molar-refractivity contribution is 5.95. The van der Waals surface area contributed by atoms with E-state index in [9.17, 15) is 13.6 Å². The van der Waals surface area contributed by atoms with E-state index in [1.165, 1.54) is 24.3 Å². The van der Waals surface area contributed by atoms with Gasteiger partial charge in [0.1, 0.15) is 24.0 Å². The van der Waals surface area contributed by atoms with E-state index in [0.29, 0.717) is 17.9 Å². The Kier molecular flexibility index (Phi) is 5.91. The standard InChI is InChI=1S/C28H26F2N4O2/c29-20-2-4-22-19(15-20)17-36-27-16-21(30)3-5-23(27)24(22)13-18-1-6-26-25(14-18)32-28(35)34(26)12-11-33-9-7-31-8-10-33/h1-6,13-16,31H,7-12,17H2,(H,32,35)/b24-13+. The molecule has 0 aliphatic carbocycles. The van der Waals surface area contributed by atoms with E-state index in [0.717, 1.165) is 66.0 Å². The van der Waals surface area contributed by atoms with Crippen molar-refractivity contribution >= 4 is 22.7 Å². The van der Waals surface area contributed by atoms with Crippen molar-refractivity contribution in [1.29, 1.82) is 0 Å². The summed E-state index contributed by atoms with van der Waals surface area (Å²) >= 11 is 0. The van der Waals surface area contributed by atoms with Gasteiger partial charge in [-0.25, -0.2) is 13.6 Å². The van der Waals surface area contributed by atoms with E-state index in [1.54, 1.807) is 16.7 Å². The number of imidazole rings is 1. The lowest BCUT2D eigenvalue weighted by atomic mass is 9.92. The Morgan fingerprint density at radius 2 is 1.69 bits per heavy atom. The average molecular weight is 489 g/mol. The summed E-state index contributed by atoms with van der Waals surface area (Å²) < 4.78 is 35.6. The third-order valence-corrected chi connectivity index (χ3v) is 6.93. The quantitative estimate of drug-likeness (QED) is 0.456. The maximum atomic E-state index is 14.0. The van der Waals surface area contributed by atoms with Gasteiger partial charge in [-0.2, -0.15) is 0 Å². The molecule has 1 saturated heterocycles. The Balaban J connectivity index is 1.39. The summed E-state index contributed by atoms with van der Waals surface area (Å²) in [5, 5.41) is 3.34. The van der Waals surface area contributed by atoms with Crippen LogP contribution in [0, 0.1) is 11.6 Å². The number of aromatic nitrogens is 2. The molecular weight excluding hydrogens is 462 g/mol. The molecule has 3 heterocycles. The van der Waals surface area contributed by atoms with Gasteiger partial charge in [-0.1, -0.05) is 12.1 Å². The SMILES string of the molecule is O=c1[nH]c2cc(/C=C3\c4ccc(F)cc4COc4cc(F)ccc43)ccc2n1CCN1CCNCC1. The molecule has 6 rings (SSSR count). The molecule has 2 aliphatic heterocycles. The number of benzene rings is 3. The molecule has 0 radical (unpaired) electrons. The zero-order valence-electron chi connectivity index (χ0n) is 19.7. The fraction of sp³-hybridized carbons (Fsp3) is 0.250. The Labute approximate surface area is 206 Å². The second-order valence-electron chi connectivity index (χ2n) is 9.24. The van der Waals surface area contributed by atoms with Gasteiger partial charge in [0.15, 0.2) is 0 Å². The number of nitrogens with zero attached hydrogens (tertiary/aromatic N) is 2. The van der Waals surface area contributed by atoms with Gasteiger partial charge in [0, 0.05) is 56.5 Å². The van der Waals surface area contributed by atoms with Gasteiger partial charge in [0.2, 0.25) is 0 Å². The smallest absolute Gasteiger partial charge is 0.326 e. The molecule has 4 aromatic rings. The van der Waals surface area contributed by atoms with Crippen molar-refractivity contribution < 1.29 is 13.5 Å². The minimum atomic E-state index is -0.397. The summed E-state index contributed by atoms with van der Waals surface area (Å²) in [6, 6.07) is 14.9. The molecule has 0 amide bonds. The lowest BCUT2D eigenvalue weighted by Crippen LogP contribution is -2.44. The third kappa shape index (κ3) is 4.34. The Morgan fingerprint density at radius 3 is 2.53 bits per heavy atom. The highest BCUT2D eigenvalue weighted by Crippen LogP contribution is 2.38. The maximum Gasteiger partial charge on any atom is 0.326 e. The summed E-state index contributed by atoms with van der Waals surface area (Å²) in [5.41, 5.74) is 5.37. The Bertz CT molecular complexity index is 1480. The maximum absolute atomic E-state index is 14.0. The molecule has 8 heteroatoms. The van der Waals surface area contributed by atoms with Crippen LogP contribution in [0.5, 0.6) is 5.75 Å². The van der Waals surface area contributed by atoms with Crippen molar-refractivity contribution in [3.8, 4) is 5.75 Å². The molecule has 0 saturated carbocycles. The summed E-state index contributed by atoms with van der Waals surface area (Å²) in [6.45, 7) is 5.48. The topological polar surface area (TPSA) is 62.3 Å². The number of fused-ring (bicyclic) bond motifs is 3. The van der Waals surface area contributed by atoms with Crippen molar-refractivity contribution in [2.75, 3.05) is 32.7 Å². The number of nitrogens with one attached hydrogen (secondary N) is 2. The molecule has 3 aromatic carbocycles. The number of halogens is 2. The van der Waals surface area contributed by atoms with Crippen LogP contribution in [0.1, 0.15) is 22.3 Å². The first-order valence-corrected chi connectivity index (χ1v) is 12.1. The highest BCUT2D eigenvalue weighted by Gasteiger charge is 2.21.